The van der Waals surface area contributed by atoms with Crippen molar-refractivity contribution in [1.29, 1.82) is 0 Å². The highest BCUT2D eigenvalue weighted by Gasteiger charge is 2.33. The summed E-state index contributed by atoms with van der Waals surface area (Å²) in [4.78, 5) is 16.9. The van der Waals surface area contributed by atoms with E-state index in [1.165, 1.54) is 17.2 Å². The van der Waals surface area contributed by atoms with Crippen LogP contribution in [0.3, 0.4) is 0 Å². The van der Waals surface area contributed by atoms with E-state index in [9.17, 15) is 9.18 Å². The Balaban J connectivity index is 1.45. The molecular weight excluding hydrogens is 335 g/mol. The second-order valence-electron chi connectivity index (χ2n) is 6.56. The molecule has 1 saturated heterocycles. The van der Waals surface area contributed by atoms with Gasteiger partial charge in [-0.1, -0.05) is 42.5 Å². The molecule has 0 aromatic heterocycles. The third-order valence-electron chi connectivity index (χ3n) is 4.95. The standard InChI is InChI=1S/C20H21FN2OS/c21-18-8-4-3-7-17(18)20-23(11-12-25-20)19(24)14-22-10-9-15-5-1-2-6-16(15)13-22/h1-8,20H,9-14H2/t20-/m1/s1. The van der Waals surface area contributed by atoms with Crippen LogP contribution in [0.25, 0.3) is 0 Å². The van der Waals surface area contributed by atoms with Gasteiger partial charge in [0, 0.05) is 31.0 Å². The first-order valence-corrected chi connectivity index (χ1v) is 9.72. The van der Waals surface area contributed by atoms with Crippen molar-refractivity contribution in [3.05, 3.63) is 71.0 Å². The highest BCUT2D eigenvalue weighted by molar-refractivity contribution is 7.99. The number of fused-ring (bicyclic) bond motifs is 1. The molecule has 0 radical (unpaired) electrons. The molecule has 0 spiro atoms. The first-order valence-electron chi connectivity index (χ1n) is 8.67. The van der Waals surface area contributed by atoms with Crippen LogP contribution < -0.4 is 0 Å². The van der Waals surface area contributed by atoms with E-state index in [0.717, 1.165) is 25.3 Å². The summed E-state index contributed by atoms with van der Waals surface area (Å²) in [5.74, 6) is 0.720. The molecule has 0 aliphatic carbocycles. The van der Waals surface area contributed by atoms with Gasteiger partial charge in [0.05, 0.1) is 6.54 Å². The fraction of sp³-hybridized carbons (Fsp3) is 0.350. The van der Waals surface area contributed by atoms with E-state index < -0.39 is 0 Å². The fourth-order valence-electron chi connectivity index (χ4n) is 3.63. The molecule has 25 heavy (non-hydrogen) atoms. The number of rotatable bonds is 3. The second-order valence-corrected chi connectivity index (χ2v) is 7.75. The maximum atomic E-state index is 14.1. The SMILES string of the molecule is O=C(CN1CCc2ccccc2C1)N1CCS[C@@H]1c1ccccc1F. The van der Waals surface area contributed by atoms with Crippen molar-refractivity contribution in [2.75, 3.05) is 25.4 Å². The van der Waals surface area contributed by atoms with Crippen LogP contribution in [0.2, 0.25) is 0 Å². The molecule has 2 aromatic carbocycles. The van der Waals surface area contributed by atoms with Crippen LogP contribution in [-0.4, -0.2) is 41.1 Å². The monoisotopic (exact) mass is 356 g/mol. The van der Waals surface area contributed by atoms with E-state index in [4.69, 9.17) is 0 Å². The van der Waals surface area contributed by atoms with Gasteiger partial charge in [0.25, 0.3) is 0 Å². The first kappa shape index (κ1) is 16.6. The molecule has 2 aliphatic heterocycles. The van der Waals surface area contributed by atoms with E-state index in [0.29, 0.717) is 18.7 Å². The minimum absolute atomic E-state index is 0.0950. The summed E-state index contributed by atoms with van der Waals surface area (Å²) >= 11 is 1.64. The summed E-state index contributed by atoms with van der Waals surface area (Å²) in [7, 11) is 0. The van der Waals surface area contributed by atoms with Gasteiger partial charge in [-0.25, -0.2) is 4.39 Å². The Labute approximate surface area is 151 Å². The minimum atomic E-state index is -0.230. The Morgan fingerprint density at radius 3 is 2.68 bits per heavy atom. The van der Waals surface area contributed by atoms with Crippen LogP contribution in [0.1, 0.15) is 22.1 Å². The van der Waals surface area contributed by atoms with Gasteiger partial charge < -0.3 is 4.90 Å². The molecule has 2 aromatic rings. The largest absolute Gasteiger partial charge is 0.325 e. The Morgan fingerprint density at radius 2 is 1.84 bits per heavy atom. The number of nitrogens with zero attached hydrogens (tertiary/aromatic N) is 2. The van der Waals surface area contributed by atoms with Crippen LogP contribution in [0.4, 0.5) is 4.39 Å². The number of amides is 1. The van der Waals surface area contributed by atoms with Gasteiger partial charge >= 0.3 is 0 Å². The molecule has 5 heteroatoms. The van der Waals surface area contributed by atoms with Crippen molar-refractivity contribution in [3.8, 4) is 0 Å². The lowest BCUT2D eigenvalue weighted by molar-refractivity contribution is -0.132. The Kier molecular flexibility index (Phi) is 4.77. The van der Waals surface area contributed by atoms with Crippen LogP contribution >= 0.6 is 11.8 Å². The number of carbonyl (C=O) groups excluding carboxylic acids is 1. The van der Waals surface area contributed by atoms with Gasteiger partial charge in [0.2, 0.25) is 5.91 Å². The van der Waals surface area contributed by atoms with Crippen molar-refractivity contribution in [2.24, 2.45) is 0 Å². The van der Waals surface area contributed by atoms with Gasteiger partial charge in [0.15, 0.2) is 0 Å². The molecule has 1 amide bonds. The number of carbonyl (C=O) groups is 1. The van der Waals surface area contributed by atoms with Crippen LogP contribution in [0.5, 0.6) is 0 Å². The first-order chi connectivity index (χ1) is 12.2. The molecule has 1 atom stereocenters. The van der Waals surface area contributed by atoms with Gasteiger partial charge in [-0.15, -0.1) is 11.8 Å². The van der Waals surface area contributed by atoms with E-state index in [1.54, 1.807) is 23.9 Å². The minimum Gasteiger partial charge on any atom is -0.325 e. The van der Waals surface area contributed by atoms with E-state index in [2.05, 4.69) is 29.2 Å². The van der Waals surface area contributed by atoms with Crippen molar-refractivity contribution in [1.82, 2.24) is 9.80 Å². The molecule has 130 valence electrons. The number of halogens is 1. The Bertz CT molecular complexity index is 782. The summed E-state index contributed by atoms with van der Waals surface area (Å²) in [6, 6.07) is 15.2. The summed E-state index contributed by atoms with van der Waals surface area (Å²) < 4.78 is 14.1. The van der Waals surface area contributed by atoms with Crippen molar-refractivity contribution in [2.45, 2.75) is 18.3 Å². The molecule has 0 unspecified atom stereocenters. The van der Waals surface area contributed by atoms with Gasteiger partial charge in [0.1, 0.15) is 11.2 Å². The molecule has 3 nitrogen and oxygen atoms in total. The lowest BCUT2D eigenvalue weighted by Gasteiger charge is -2.31. The molecule has 0 N–H and O–H groups in total. The van der Waals surface area contributed by atoms with E-state index in [1.807, 2.05) is 11.0 Å². The second kappa shape index (κ2) is 7.18. The third-order valence-corrected chi connectivity index (χ3v) is 6.19. The predicted molar refractivity (Wildman–Crippen MR) is 98.7 cm³/mol. The maximum absolute atomic E-state index is 14.1. The summed E-state index contributed by atoms with van der Waals surface area (Å²) in [6.07, 6.45) is 0.981. The smallest absolute Gasteiger partial charge is 0.237 e. The molecule has 2 heterocycles. The number of hydrogen-bond donors (Lipinski definition) is 0. The number of thioether (sulfide) groups is 1. The predicted octanol–water partition coefficient (Wildman–Crippen LogP) is 3.46. The van der Waals surface area contributed by atoms with Crippen molar-refractivity contribution >= 4 is 17.7 Å². The average molecular weight is 356 g/mol. The van der Waals surface area contributed by atoms with E-state index >= 15 is 0 Å². The zero-order chi connectivity index (χ0) is 17.2. The summed E-state index contributed by atoms with van der Waals surface area (Å²) in [6.45, 7) is 2.80. The number of benzene rings is 2. The number of hydrogen-bond acceptors (Lipinski definition) is 3. The van der Waals surface area contributed by atoms with Gasteiger partial charge in [-0.2, -0.15) is 0 Å². The summed E-state index contributed by atoms with van der Waals surface area (Å²) in [5.41, 5.74) is 3.30. The highest BCUT2D eigenvalue weighted by Crippen LogP contribution is 2.39. The fourth-order valence-corrected chi connectivity index (χ4v) is 4.93. The zero-order valence-electron chi connectivity index (χ0n) is 14.0. The quantitative estimate of drug-likeness (QED) is 0.841. The molecule has 1 fully saturated rings. The molecule has 2 aliphatic rings. The average Bonchev–Trinajstić information content (AvgIpc) is 3.11. The molecule has 4 rings (SSSR count). The van der Waals surface area contributed by atoms with Crippen LogP contribution in [-0.2, 0) is 17.8 Å². The van der Waals surface area contributed by atoms with Crippen LogP contribution in [0.15, 0.2) is 48.5 Å². The normalized spacial score (nSPS) is 20.5. The van der Waals surface area contributed by atoms with Crippen LogP contribution in [0, 0.1) is 5.82 Å². The third kappa shape index (κ3) is 3.44. The summed E-state index contributed by atoms with van der Waals surface area (Å²) in [5, 5.41) is -0.203. The van der Waals surface area contributed by atoms with E-state index in [-0.39, 0.29) is 17.1 Å². The lowest BCUT2D eigenvalue weighted by Crippen LogP contribution is -2.42. The lowest BCUT2D eigenvalue weighted by atomic mass is 10.00. The molecule has 0 bridgehead atoms. The van der Waals surface area contributed by atoms with Gasteiger partial charge in [-0.05, 0) is 23.6 Å². The topological polar surface area (TPSA) is 23.6 Å². The highest BCUT2D eigenvalue weighted by atomic mass is 32.2. The van der Waals surface area contributed by atoms with Crippen molar-refractivity contribution < 1.29 is 9.18 Å². The Hall–Kier alpha value is -1.85. The zero-order valence-corrected chi connectivity index (χ0v) is 14.8. The molecular formula is C20H21FN2OS. The Morgan fingerprint density at radius 1 is 1.08 bits per heavy atom. The van der Waals surface area contributed by atoms with Crippen molar-refractivity contribution in [3.63, 3.8) is 0 Å². The maximum Gasteiger partial charge on any atom is 0.237 e. The van der Waals surface area contributed by atoms with Gasteiger partial charge in [-0.3, -0.25) is 9.69 Å². The molecule has 0 saturated carbocycles.